The zero-order valence-electron chi connectivity index (χ0n) is 15.3. The van der Waals surface area contributed by atoms with Crippen LogP contribution < -0.4 is 10.0 Å². The highest BCUT2D eigenvalue weighted by atomic mass is 32.2. The second-order valence-electron chi connectivity index (χ2n) is 7.36. The monoisotopic (exact) mass is 395 g/mol. The van der Waals surface area contributed by atoms with E-state index in [0.29, 0.717) is 30.8 Å². The maximum Gasteiger partial charge on any atom is 0.321 e. The molecule has 1 aromatic rings. The first-order valence-electron chi connectivity index (χ1n) is 9.15. The Morgan fingerprint density at radius 3 is 2.52 bits per heavy atom. The van der Waals surface area contributed by atoms with Crippen molar-refractivity contribution in [2.75, 3.05) is 28.9 Å². The van der Waals surface area contributed by atoms with Gasteiger partial charge in [0.1, 0.15) is 0 Å². The molecular weight excluding hydrogens is 370 g/mol. The summed E-state index contributed by atoms with van der Waals surface area (Å²) >= 11 is 0. The van der Waals surface area contributed by atoms with Crippen LogP contribution in [-0.2, 0) is 14.8 Å². The fourth-order valence-electron chi connectivity index (χ4n) is 4.12. The van der Waals surface area contributed by atoms with Gasteiger partial charge in [0.25, 0.3) is 0 Å². The third-order valence-electron chi connectivity index (χ3n) is 5.47. The standard InChI is InChI=1S/C18H25N3O5S/c1-2-10-27(25,26)20-15-7-5-14(6-8-15)19-17(24)21-11-13-4-3-9-18(13,12-21)16(22)23/h5-8,13,20H,2-4,9-12H2,1H3,(H,19,24)(H,22,23)/t13-,18+/m0/s1. The van der Waals surface area contributed by atoms with Crippen LogP contribution in [0.5, 0.6) is 0 Å². The van der Waals surface area contributed by atoms with Crippen LogP contribution in [0.25, 0.3) is 0 Å². The summed E-state index contributed by atoms with van der Waals surface area (Å²) in [5.74, 6) is -0.757. The van der Waals surface area contributed by atoms with Crippen molar-refractivity contribution in [2.24, 2.45) is 11.3 Å². The van der Waals surface area contributed by atoms with E-state index in [1.807, 2.05) is 0 Å². The minimum Gasteiger partial charge on any atom is -0.481 e. The van der Waals surface area contributed by atoms with Crippen molar-refractivity contribution in [3.8, 4) is 0 Å². The SMILES string of the molecule is CCCS(=O)(=O)Nc1ccc(NC(=O)N2C[C@@H]3CCC[C@@]3(C(=O)O)C2)cc1. The Bertz CT molecular complexity index is 824. The van der Waals surface area contributed by atoms with E-state index in [0.717, 1.165) is 12.8 Å². The zero-order chi connectivity index (χ0) is 19.7. The number of nitrogens with one attached hydrogen (secondary N) is 2. The van der Waals surface area contributed by atoms with Crippen LogP contribution in [0.4, 0.5) is 16.2 Å². The molecule has 27 heavy (non-hydrogen) atoms. The lowest BCUT2D eigenvalue weighted by Gasteiger charge is -2.23. The van der Waals surface area contributed by atoms with Crippen molar-refractivity contribution in [2.45, 2.75) is 32.6 Å². The fraction of sp³-hybridized carbons (Fsp3) is 0.556. The number of hydrogen-bond acceptors (Lipinski definition) is 4. The Labute approximate surface area is 159 Å². The average molecular weight is 395 g/mol. The quantitative estimate of drug-likeness (QED) is 0.685. The van der Waals surface area contributed by atoms with Crippen LogP contribution >= 0.6 is 0 Å². The topological polar surface area (TPSA) is 116 Å². The van der Waals surface area contributed by atoms with Gasteiger partial charge in [-0.3, -0.25) is 9.52 Å². The number of rotatable bonds is 6. The predicted molar refractivity (Wildman–Crippen MR) is 102 cm³/mol. The predicted octanol–water partition coefficient (Wildman–Crippen LogP) is 2.56. The van der Waals surface area contributed by atoms with Gasteiger partial charge in [-0.15, -0.1) is 0 Å². The third kappa shape index (κ3) is 4.02. The van der Waals surface area contributed by atoms with Gasteiger partial charge < -0.3 is 15.3 Å². The molecule has 2 amide bonds. The van der Waals surface area contributed by atoms with Gasteiger partial charge in [0.05, 0.1) is 11.2 Å². The van der Waals surface area contributed by atoms with E-state index in [1.54, 1.807) is 36.1 Å². The number of carbonyl (C=O) groups excluding carboxylic acids is 1. The molecule has 1 saturated carbocycles. The summed E-state index contributed by atoms with van der Waals surface area (Å²) in [4.78, 5) is 25.8. The van der Waals surface area contributed by atoms with E-state index in [2.05, 4.69) is 10.0 Å². The molecule has 1 aromatic carbocycles. The first kappa shape index (κ1) is 19.5. The number of nitrogens with zero attached hydrogens (tertiary/aromatic N) is 1. The molecule has 0 aromatic heterocycles. The van der Waals surface area contributed by atoms with Crippen molar-refractivity contribution in [1.82, 2.24) is 4.90 Å². The molecule has 0 bridgehead atoms. The van der Waals surface area contributed by atoms with Gasteiger partial charge in [-0.1, -0.05) is 13.3 Å². The second kappa shape index (κ2) is 7.38. The molecule has 0 unspecified atom stereocenters. The van der Waals surface area contributed by atoms with Gasteiger partial charge in [0.2, 0.25) is 10.0 Å². The lowest BCUT2D eigenvalue weighted by molar-refractivity contribution is -0.149. The summed E-state index contributed by atoms with van der Waals surface area (Å²) in [6.07, 6.45) is 2.87. The number of urea groups is 1. The molecule has 8 nitrogen and oxygen atoms in total. The maximum atomic E-state index is 12.5. The van der Waals surface area contributed by atoms with E-state index in [1.165, 1.54) is 0 Å². The molecule has 1 aliphatic heterocycles. The van der Waals surface area contributed by atoms with Crippen molar-refractivity contribution < 1.29 is 23.1 Å². The highest BCUT2D eigenvalue weighted by Gasteiger charge is 2.55. The number of fused-ring (bicyclic) bond motifs is 1. The summed E-state index contributed by atoms with van der Waals surface area (Å²) in [6.45, 7) is 2.47. The van der Waals surface area contributed by atoms with Crippen molar-refractivity contribution in [3.63, 3.8) is 0 Å². The van der Waals surface area contributed by atoms with Crippen LogP contribution in [0.1, 0.15) is 32.6 Å². The van der Waals surface area contributed by atoms with Crippen LogP contribution in [0.2, 0.25) is 0 Å². The molecule has 9 heteroatoms. The number of hydrogen-bond donors (Lipinski definition) is 3. The molecule has 1 saturated heterocycles. The molecule has 148 valence electrons. The summed E-state index contributed by atoms with van der Waals surface area (Å²) < 4.78 is 26.0. The number of aliphatic carboxylic acids is 1. The number of sulfonamides is 1. The Kier molecular flexibility index (Phi) is 5.32. The summed E-state index contributed by atoms with van der Waals surface area (Å²) in [5, 5.41) is 12.4. The lowest BCUT2D eigenvalue weighted by Crippen LogP contribution is -2.38. The molecule has 2 aliphatic rings. The minimum absolute atomic E-state index is 0.0103. The van der Waals surface area contributed by atoms with E-state index in [-0.39, 0.29) is 24.2 Å². The largest absolute Gasteiger partial charge is 0.481 e. The molecule has 1 heterocycles. The normalized spacial score (nSPS) is 24.5. The summed E-state index contributed by atoms with van der Waals surface area (Å²) in [6, 6.07) is 6.07. The number of benzene rings is 1. The number of likely N-dealkylation sites (tertiary alicyclic amines) is 1. The molecule has 2 atom stereocenters. The van der Waals surface area contributed by atoms with E-state index >= 15 is 0 Å². The van der Waals surface area contributed by atoms with Gasteiger partial charge in [0.15, 0.2) is 0 Å². The lowest BCUT2D eigenvalue weighted by atomic mass is 9.81. The van der Waals surface area contributed by atoms with E-state index in [9.17, 15) is 23.1 Å². The van der Waals surface area contributed by atoms with Gasteiger partial charge >= 0.3 is 12.0 Å². The molecule has 3 N–H and O–H groups in total. The van der Waals surface area contributed by atoms with Crippen molar-refractivity contribution >= 4 is 33.4 Å². The van der Waals surface area contributed by atoms with Crippen molar-refractivity contribution in [1.29, 1.82) is 0 Å². The number of carboxylic acid groups (broad SMARTS) is 1. The smallest absolute Gasteiger partial charge is 0.321 e. The first-order chi connectivity index (χ1) is 12.8. The summed E-state index contributed by atoms with van der Waals surface area (Å²) in [5.41, 5.74) is 0.153. The van der Waals surface area contributed by atoms with E-state index in [4.69, 9.17) is 0 Å². The Hall–Kier alpha value is -2.29. The van der Waals surface area contributed by atoms with Gasteiger partial charge in [-0.2, -0.15) is 0 Å². The van der Waals surface area contributed by atoms with Crippen LogP contribution in [0, 0.1) is 11.3 Å². The van der Waals surface area contributed by atoms with Crippen molar-refractivity contribution in [3.05, 3.63) is 24.3 Å². The Morgan fingerprint density at radius 1 is 1.26 bits per heavy atom. The Morgan fingerprint density at radius 2 is 1.93 bits per heavy atom. The molecule has 1 aliphatic carbocycles. The highest BCUT2D eigenvalue weighted by Crippen LogP contribution is 2.48. The number of amides is 2. The molecule has 2 fully saturated rings. The minimum atomic E-state index is -3.36. The highest BCUT2D eigenvalue weighted by molar-refractivity contribution is 7.92. The second-order valence-corrected chi connectivity index (χ2v) is 9.20. The number of carboxylic acids is 1. The molecule has 3 rings (SSSR count). The van der Waals surface area contributed by atoms with Crippen LogP contribution in [0.3, 0.4) is 0 Å². The summed E-state index contributed by atoms with van der Waals surface area (Å²) in [7, 11) is -3.36. The zero-order valence-corrected chi connectivity index (χ0v) is 16.1. The fourth-order valence-corrected chi connectivity index (χ4v) is 5.25. The van der Waals surface area contributed by atoms with Gasteiger partial charge in [-0.25, -0.2) is 13.2 Å². The van der Waals surface area contributed by atoms with Gasteiger partial charge in [-0.05, 0) is 49.4 Å². The molecule has 0 radical (unpaired) electrons. The number of anilines is 2. The first-order valence-corrected chi connectivity index (χ1v) is 10.8. The van der Waals surface area contributed by atoms with Gasteiger partial charge in [0, 0.05) is 24.5 Å². The van der Waals surface area contributed by atoms with Crippen LogP contribution in [0.15, 0.2) is 24.3 Å². The Balaban J connectivity index is 1.61. The molecule has 0 spiro atoms. The average Bonchev–Trinajstić information content (AvgIpc) is 3.14. The number of carbonyl (C=O) groups is 2. The third-order valence-corrected chi connectivity index (χ3v) is 6.96. The molecular formula is C18H25N3O5S. The van der Waals surface area contributed by atoms with E-state index < -0.39 is 21.4 Å². The maximum absolute atomic E-state index is 12.5. The van der Waals surface area contributed by atoms with Crippen LogP contribution in [-0.4, -0.2) is 49.3 Å².